The third-order valence-corrected chi connectivity index (χ3v) is 7.48. The fourth-order valence-corrected chi connectivity index (χ4v) is 5.26. The number of imide groups is 2. The highest BCUT2D eigenvalue weighted by Crippen LogP contribution is 2.39. The standard InChI is InChI=1S/C34H28BrN3O9/c1-3-45-30-17-23(14-26-32(39)36-34(41)37(33(26)40)24-10-7-11-25(18-24)38(42)43)15-27(35)31(30)47-20-22-12-13-28(29(16-22)44-2)46-19-21-8-5-4-6-9-21/h4-18H,3,19-20H2,1-2H3,(H,36,39,41)/b26-14-. The van der Waals surface area contributed by atoms with Gasteiger partial charge in [0.1, 0.15) is 18.8 Å². The molecular formula is C34H28BrN3O9. The van der Waals surface area contributed by atoms with E-state index in [1.54, 1.807) is 26.2 Å². The molecule has 0 atom stereocenters. The number of urea groups is 1. The summed E-state index contributed by atoms with van der Waals surface area (Å²) in [5, 5.41) is 13.4. The van der Waals surface area contributed by atoms with Gasteiger partial charge in [-0.05, 0) is 76.0 Å². The molecule has 5 rings (SSSR count). The number of amides is 4. The van der Waals surface area contributed by atoms with Crippen LogP contribution in [0.15, 0.2) is 95.0 Å². The minimum absolute atomic E-state index is 0.0625. The summed E-state index contributed by atoms with van der Waals surface area (Å²) in [6, 6.07) is 22.4. The molecule has 0 spiro atoms. The van der Waals surface area contributed by atoms with Crippen LogP contribution in [0.25, 0.3) is 6.08 Å². The predicted octanol–water partition coefficient (Wildman–Crippen LogP) is 6.59. The van der Waals surface area contributed by atoms with E-state index in [-0.39, 0.29) is 23.6 Å². The van der Waals surface area contributed by atoms with Crippen molar-refractivity contribution >= 4 is 51.2 Å². The minimum Gasteiger partial charge on any atom is -0.493 e. The van der Waals surface area contributed by atoms with Gasteiger partial charge in [-0.15, -0.1) is 0 Å². The molecule has 0 saturated carbocycles. The lowest BCUT2D eigenvalue weighted by Crippen LogP contribution is -2.54. The number of carbonyl (C=O) groups is 3. The number of nitrogens with one attached hydrogen (secondary N) is 1. The number of nitrogens with zero attached hydrogens (tertiary/aromatic N) is 2. The van der Waals surface area contributed by atoms with E-state index in [1.807, 2.05) is 48.5 Å². The lowest BCUT2D eigenvalue weighted by atomic mass is 10.1. The average Bonchev–Trinajstić information content (AvgIpc) is 3.06. The number of carbonyl (C=O) groups excluding carboxylic acids is 3. The van der Waals surface area contributed by atoms with E-state index in [4.69, 9.17) is 18.9 Å². The molecule has 0 radical (unpaired) electrons. The van der Waals surface area contributed by atoms with Crippen LogP contribution >= 0.6 is 15.9 Å². The Kier molecular flexibility index (Phi) is 10.2. The van der Waals surface area contributed by atoms with Crippen molar-refractivity contribution in [2.75, 3.05) is 18.6 Å². The Bertz CT molecular complexity index is 1880. The van der Waals surface area contributed by atoms with Gasteiger partial charge in [0.15, 0.2) is 23.0 Å². The van der Waals surface area contributed by atoms with E-state index in [1.165, 1.54) is 24.3 Å². The van der Waals surface area contributed by atoms with Gasteiger partial charge >= 0.3 is 6.03 Å². The van der Waals surface area contributed by atoms with Crippen LogP contribution in [0.1, 0.15) is 23.6 Å². The van der Waals surface area contributed by atoms with Gasteiger partial charge in [-0.25, -0.2) is 9.69 Å². The minimum atomic E-state index is -1.02. The van der Waals surface area contributed by atoms with Crippen molar-refractivity contribution in [3.8, 4) is 23.0 Å². The van der Waals surface area contributed by atoms with Crippen molar-refractivity contribution in [1.82, 2.24) is 5.32 Å². The maximum Gasteiger partial charge on any atom is 0.335 e. The molecule has 0 aromatic heterocycles. The SMILES string of the molecule is CCOc1cc(/C=C2/C(=O)NC(=O)N(c3cccc([N+](=O)[O-])c3)C2=O)cc(Br)c1OCc1ccc(OCc2ccccc2)c(OC)c1. The van der Waals surface area contributed by atoms with Crippen molar-refractivity contribution in [2.45, 2.75) is 20.1 Å². The first kappa shape index (κ1) is 32.7. The van der Waals surface area contributed by atoms with Gasteiger partial charge in [0, 0.05) is 12.1 Å². The molecule has 4 aromatic rings. The lowest BCUT2D eigenvalue weighted by Gasteiger charge is -2.26. The van der Waals surface area contributed by atoms with E-state index in [0.717, 1.165) is 17.2 Å². The maximum atomic E-state index is 13.4. The fraction of sp³-hybridized carbons (Fsp3) is 0.147. The van der Waals surface area contributed by atoms with Gasteiger partial charge in [0.05, 0.1) is 28.8 Å². The Hall–Kier alpha value is -5.69. The van der Waals surface area contributed by atoms with Crippen LogP contribution in [-0.4, -0.2) is 36.5 Å². The Balaban J connectivity index is 1.36. The van der Waals surface area contributed by atoms with E-state index < -0.39 is 22.8 Å². The highest BCUT2D eigenvalue weighted by atomic mass is 79.9. The highest BCUT2D eigenvalue weighted by molar-refractivity contribution is 9.10. The van der Waals surface area contributed by atoms with Gasteiger partial charge in [0.25, 0.3) is 17.5 Å². The zero-order valence-electron chi connectivity index (χ0n) is 25.2. The number of nitro benzene ring substituents is 1. The molecule has 240 valence electrons. The summed E-state index contributed by atoms with van der Waals surface area (Å²) in [5.41, 5.74) is 1.47. The van der Waals surface area contributed by atoms with E-state index in [2.05, 4.69) is 21.2 Å². The number of non-ortho nitro benzene ring substituents is 1. The average molecular weight is 703 g/mol. The van der Waals surface area contributed by atoms with Crippen molar-refractivity contribution < 1.29 is 38.3 Å². The second-order valence-electron chi connectivity index (χ2n) is 10.0. The highest BCUT2D eigenvalue weighted by Gasteiger charge is 2.37. The quantitative estimate of drug-likeness (QED) is 0.0748. The predicted molar refractivity (Wildman–Crippen MR) is 176 cm³/mol. The number of ether oxygens (including phenoxy) is 4. The molecule has 47 heavy (non-hydrogen) atoms. The zero-order chi connectivity index (χ0) is 33.5. The topological polar surface area (TPSA) is 147 Å². The first-order valence-electron chi connectivity index (χ1n) is 14.3. The number of barbiturate groups is 1. The zero-order valence-corrected chi connectivity index (χ0v) is 26.8. The van der Waals surface area contributed by atoms with Crippen LogP contribution < -0.4 is 29.2 Å². The summed E-state index contributed by atoms with van der Waals surface area (Å²) in [6.07, 6.45) is 1.30. The van der Waals surface area contributed by atoms with Gasteiger partial charge in [-0.2, -0.15) is 0 Å². The molecule has 1 aliphatic rings. The number of anilines is 1. The van der Waals surface area contributed by atoms with Crippen LogP contribution in [0.2, 0.25) is 0 Å². The molecule has 1 N–H and O–H groups in total. The largest absolute Gasteiger partial charge is 0.493 e. The summed E-state index contributed by atoms with van der Waals surface area (Å²) in [4.78, 5) is 49.9. The molecule has 4 aromatic carbocycles. The molecule has 1 fully saturated rings. The Morgan fingerprint density at radius 2 is 1.62 bits per heavy atom. The summed E-state index contributed by atoms with van der Waals surface area (Å²) in [7, 11) is 1.56. The van der Waals surface area contributed by atoms with Crippen molar-refractivity contribution in [3.63, 3.8) is 0 Å². The van der Waals surface area contributed by atoms with Crippen LogP contribution in [0, 0.1) is 10.1 Å². The molecule has 12 nitrogen and oxygen atoms in total. The van der Waals surface area contributed by atoms with Crippen molar-refractivity contribution in [1.29, 1.82) is 0 Å². The maximum absolute atomic E-state index is 13.4. The smallest absolute Gasteiger partial charge is 0.335 e. The molecule has 0 aliphatic carbocycles. The number of methoxy groups -OCH3 is 1. The van der Waals surface area contributed by atoms with Gasteiger partial charge in [-0.3, -0.25) is 25.0 Å². The van der Waals surface area contributed by atoms with Crippen LogP contribution in [0.5, 0.6) is 23.0 Å². The number of rotatable bonds is 12. The van der Waals surface area contributed by atoms with E-state index >= 15 is 0 Å². The molecule has 0 unspecified atom stereocenters. The Morgan fingerprint density at radius 1 is 0.851 bits per heavy atom. The Morgan fingerprint density at radius 3 is 2.34 bits per heavy atom. The molecule has 1 saturated heterocycles. The number of nitro groups is 1. The second-order valence-corrected chi connectivity index (χ2v) is 10.9. The van der Waals surface area contributed by atoms with Crippen LogP contribution in [0.4, 0.5) is 16.2 Å². The molecule has 0 bridgehead atoms. The second kappa shape index (κ2) is 14.6. The molecular weight excluding hydrogens is 674 g/mol. The van der Waals surface area contributed by atoms with Gasteiger partial charge in [0.2, 0.25) is 0 Å². The molecule has 1 aliphatic heterocycles. The summed E-state index contributed by atoms with van der Waals surface area (Å²) < 4.78 is 23.9. The first-order chi connectivity index (χ1) is 22.7. The first-order valence-corrected chi connectivity index (χ1v) is 15.1. The summed E-state index contributed by atoms with van der Waals surface area (Å²) in [6.45, 7) is 2.62. The monoisotopic (exact) mass is 701 g/mol. The van der Waals surface area contributed by atoms with Gasteiger partial charge in [-0.1, -0.05) is 42.5 Å². The number of halogens is 1. The normalized spacial score (nSPS) is 13.7. The lowest BCUT2D eigenvalue weighted by molar-refractivity contribution is -0.384. The molecule has 4 amide bonds. The third kappa shape index (κ3) is 7.59. The van der Waals surface area contributed by atoms with E-state index in [9.17, 15) is 24.5 Å². The molecule has 13 heteroatoms. The molecule has 1 heterocycles. The van der Waals surface area contributed by atoms with Crippen molar-refractivity contribution in [3.05, 3.63) is 122 Å². The van der Waals surface area contributed by atoms with Crippen molar-refractivity contribution in [2.24, 2.45) is 0 Å². The number of hydrogen-bond donors (Lipinski definition) is 1. The number of benzene rings is 4. The van der Waals surface area contributed by atoms with Crippen LogP contribution in [0.3, 0.4) is 0 Å². The van der Waals surface area contributed by atoms with Crippen LogP contribution in [-0.2, 0) is 22.8 Å². The fourth-order valence-electron chi connectivity index (χ4n) is 4.69. The number of hydrogen-bond acceptors (Lipinski definition) is 9. The Labute approximate surface area is 277 Å². The summed E-state index contributed by atoms with van der Waals surface area (Å²) in [5.74, 6) is -0.0223. The van der Waals surface area contributed by atoms with E-state index in [0.29, 0.717) is 51.1 Å². The van der Waals surface area contributed by atoms with Gasteiger partial charge < -0.3 is 18.9 Å². The summed E-state index contributed by atoms with van der Waals surface area (Å²) >= 11 is 3.51. The third-order valence-electron chi connectivity index (χ3n) is 6.89.